The smallest absolute Gasteiger partial charge is 0.410 e. The van der Waals surface area contributed by atoms with Crippen LogP contribution in [0.2, 0.25) is 0 Å². The first kappa shape index (κ1) is 18.3. The van der Waals surface area contributed by atoms with Crippen LogP contribution in [0, 0.1) is 0 Å². The average Bonchev–Trinajstić information content (AvgIpc) is 2.93. The summed E-state index contributed by atoms with van der Waals surface area (Å²) >= 11 is 0. The molecule has 0 radical (unpaired) electrons. The van der Waals surface area contributed by atoms with Crippen LogP contribution < -0.4 is 10.1 Å². The van der Waals surface area contributed by atoms with Gasteiger partial charge in [0.15, 0.2) is 0 Å². The van der Waals surface area contributed by atoms with E-state index in [-0.39, 0.29) is 18.3 Å². The van der Waals surface area contributed by atoms with Gasteiger partial charge in [0.1, 0.15) is 5.75 Å². The number of ether oxygens (including phenoxy) is 1. The SMILES string of the molecule is CN(C)C(=O)Oc1ccc(NC(=O)CN2CCCC2)cc1.Cl. The van der Waals surface area contributed by atoms with Gasteiger partial charge < -0.3 is 15.0 Å². The van der Waals surface area contributed by atoms with Crippen molar-refractivity contribution >= 4 is 30.1 Å². The van der Waals surface area contributed by atoms with E-state index >= 15 is 0 Å². The Bertz CT molecular complexity index is 499. The first-order chi connectivity index (χ1) is 10.0. The predicted molar refractivity (Wildman–Crippen MR) is 87.7 cm³/mol. The Morgan fingerprint density at radius 2 is 1.77 bits per heavy atom. The normalized spacial score (nSPS) is 14.1. The summed E-state index contributed by atoms with van der Waals surface area (Å²) in [6.45, 7) is 2.41. The van der Waals surface area contributed by atoms with Crippen LogP contribution in [0.15, 0.2) is 24.3 Å². The second-order valence-electron chi connectivity index (χ2n) is 5.32. The van der Waals surface area contributed by atoms with Gasteiger partial charge in [-0.15, -0.1) is 12.4 Å². The quantitative estimate of drug-likeness (QED) is 0.921. The zero-order valence-corrected chi connectivity index (χ0v) is 13.7. The van der Waals surface area contributed by atoms with Crippen molar-refractivity contribution in [2.24, 2.45) is 0 Å². The fraction of sp³-hybridized carbons (Fsp3) is 0.467. The van der Waals surface area contributed by atoms with Gasteiger partial charge in [-0.3, -0.25) is 9.69 Å². The molecule has 1 N–H and O–H groups in total. The molecule has 1 aromatic carbocycles. The first-order valence-electron chi connectivity index (χ1n) is 7.06. The van der Waals surface area contributed by atoms with Crippen molar-refractivity contribution in [1.29, 1.82) is 0 Å². The molecule has 2 rings (SSSR count). The van der Waals surface area contributed by atoms with E-state index in [1.54, 1.807) is 38.4 Å². The van der Waals surface area contributed by atoms with E-state index in [1.165, 1.54) is 17.7 Å². The number of hydrogen-bond acceptors (Lipinski definition) is 4. The van der Waals surface area contributed by atoms with Gasteiger partial charge in [0.05, 0.1) is 6.54 Å². The summed E-state index contributed by atoms with van der Waals surface area (Å²) < 4.78 is 5.11. The Balaban J connectivity index is 0.00000242. The van der Waals surface area contributed by atoms with Crippen molar-refractivity contribution in [3.63, 3.8) is 0 Å². The number of carbonyl (C=O) groups is 2. The summed E-state index contributed by atoms with van der Waals surface area (Å²) in [6.07, 6.45) is 1.90. The second kappa shape index (κ2) is 8.60. The van der Waals surface area contributed by atoms with Gasteiger partial charge in [0.2, 0.25) is 5.91 Å². The highest BCUT2D eigenvalue weighted by Crippen LogP contribution is 2.16. The molecule has 1 aromatic rings. The molecule has 1 fully saturated rings. The molecule has 22 heavy (non-hydrogen) atoms. The highest BCUT2D eigenvalue weighted by Gasteiger charge is 2.15. The van der Waals surface area contributed by atoms with Crippen molar-refractivity contribution in [1.82, 2.24) is 9.80 Å². The van der Waals surface area contributed by atoms with Crippen molar-refractivity contribution in [3.8, 4) is 5.75 Å². The van der Waals surface area contributed by atoms with E-state index in [0.29, 0.717) is 18.0 Å². The van der Waals surface area contributed by atoms with E-state index < -0.39 is 6.09 Å². The molecule has 122 valence electrons. The Morgan fingerprint density at radius 1 is 1.18 bits per heavy atom. The van der Waals surface area contributed by atoms with Crippen molar-refractivity contribution in [2.45, 2.75) is 12.8 Å². The summed E-state index contributed by atoms with van der Waals surface area (Å²) in [5.74, 6) is 0.432. The molecule has 1 heterocycles. The Hall–Kier alpha value is -1.79. The van der Waals surface area contributed by atoms with Crippen molar-refractivity contribution in [2.75, 3.05) is 39.0 Å². The largest absolute Gasteiger partial charge is 0.414 e. The van der Waals surface area contributed by atoms with Crippen LogP contribution >= 0.6 is 12.4 Å². The Morgan fingerprint density at radius 3 is 2.32 bits per heavy atom. The van der Waals surface area contributed by atoms with Gasteiger partial charge in [-0.05, 0) is 50.2 Å². The van der Waals surface area contributed by atoms with Gasteiger partial charge in [-0.1, -0.05) is 0 Å². The number of nitrogens with one attached hydrogen (secondary N) is 1. The number of hydrogen-bond donors (Lipinski definition) is 1. The zero-order chi connectivity index (χ0) is 15.2. The topological polar surface area (TPSA) is 61.9 Å². The minimum Gasteiger partial charge on any atom is -0.410 e. The highest BCUT2D eigenvalue weighted by molar-refractivity contribution is 5.92. The summed E-state index contributed by atoms with van der Waals surface area (Å²) in [4.78, 5) is 26.8. The molecular weight excluding hydrogens is 306 g/mol. The van der Waals surface area contributed by atoms with E-state index in [0.717, 1.165) is 13.1 Å². The molecule has 7 heteroatoms. The number of nitrogens with zero attached hydrogens (tertiary/aromatic N) is 2. The van der Waals surface area contributed by atoms with Gasteiger partial charge in [-0.25, -0.2) is 4.79 Å². The maximum atomic E-state index is 11.9. The molecule has 6 nitrogen and oxygen atoms in total. The van der Waals surface area contributed by atoms with Gasteiger partial charge in [-0.2, -0.15) is 0 Å². The molecule has 0 bridgehead atoms. The van der Waals surface area contributed by atoms with E-state index in [2.05, 4.69) is 10.2 Å². The average molecular weight is 328 g/mol. The third kappa shape index (κ3) is 5.54. The molecule has 0 saturated carbocycles. The highest BCUT2D eigenvalue weighted by atomic mass is 35.5. The zero-order valence-electron chi connectivity index (χ0n) is 12.9. The number of carbonyl (C=O) groups excluding carboxylic acids is 2. The lowest BCUT2D eigenvalue weighted by Gasteiger charge is -2.14. The van der Waals surface area contributed by atoms with Crippen molar-refractivity contribution in [3.05, 3.63) is 24.3 Å². The lowest BCUT2D eigenvalue weighted by Crippen LogP contribution is -2.30. The summed E-state index contributed by atoms with van der Waals surface area (Å²) in [5, 5.41) is 2.84. The Kier molecular flexibility index (Phi) is 7.14. The molecule has 1 aliphatic rings. The third-order valence-electron chi connectivity index (χ3n) is 3.27. The summed E-state index contributed by atoms with van der Waals surface area (Å²) in [7, 11) is 3.24. The monoisotopic (exact) mass is 327 g/mol. The molecule has 1 aliphatic heterocycles. The molecule has 0 unspecified atom stereocenters. The molecular formula is C15H22ClN3O3. The summed E-state index contributed by atoms with van der Waals surface area (Å²) in [6, 6.07) is 6.76. The fourth-order valence-corrected chi connectivity index (χ4v) is 2.14. The first-order valence-corrected chi connectivity index (χ1v) is 7.06. The van der Waals surface area contributed by atoms with Crippen molar-refractivity contribution < 1.29 is 14.3 Å². The van der Waals surface area contributed by atoms with Crippen LogP contribution in [0.3, 0.4) is 0 Å². The lowest BCUT2D eigenvalue weighted by atomic mass is 10.3. The molecule has 2 amide bonds. The molecule has 0 atom stereocenters. The van der Waals surface area contributed by atoms with Crippen LogP contribution in [0.4, 0.5) is 10.5 Å². The Labute approximate surface area is 136 Å². The maximum absolute atomic E-state index is 11.9. The van der Waals surface area contributed by atoms with Crippen LogP contribution in [-0.4, -0.2) is 55.5 Å². The molecule has 0 aromatic heterocycles. The van der Waals surface area contributed by atoms with E-state index in [9.17, 15) is 9.59 Å². The van der Waals surface area contributed by atoms with Gasteiger partial charge in [0.25, 0.3) is 0 Å². The molecule has 0 aliphatic carbocycles. The van der Waals surface area contributed by atoms with E-state index in [4.69, 9.17) is 4.74 Å². The second-order valence-corrected chi connectivity index (χ2v) is 5.32. The van der Waals surface area contributed by atoms with E-state index in [1.807, 2.05) is 0 Å². The predicted octanol–water partition coefficient (Wildman–Crippen LogP) is 2.20. The minimum absolute atomic E-state index is 0. The minimum atomic E-state index is -0.430. The number of likely N-dealkylation sites (tertiary alicyclic amines) is 1. The standard InChI is InChI=1S/C15H21N3O3.ClH/c1-17(2)15(20)21-13-7-5-12(6-8-13)16-14(19)11-18-9-3-4-10-18;/h5-8H,3-4,9-11H2,1-2H3,(H,16,19);1H. The number of amides is 2. The number of halogens is 1. The third-order valence-corrected chi connectivity index (χ3v) is 3.27. The van der Waals surface area contributed by atoms with Crippen LogP contribution in [0.1, 0.15) is 12.8 Å². The number of rotatable bonds is 4. The van der Waals surface area contributed by atoms with Gasteiger partial charge >= 0.3 is 6.09 Å². The molecule has 0 spiro atoms. The van der Waals surface area contributed by atoms with Gasteiger partial charge in [0, 0.05) is 19.8 Å². The van der Waals surface area contributed by atoms with Crippen LogP contribution in [-0.2, 0) is 4.79 Å². The van der Waals surface area contributed by atoms with Crippen LogP contribution in [0.5, 0.6) is 5.75 Å². The van der Waals surface area contributed by atoms with Crippen LogP contribution in [0.25, 0.3) is 0 Å². The summed E-state index contributed by atoms with van der Waals surface area (Å²) in [5.41, 5.74) is 0.698. The maximum Gasteiger partial charge on any atom is 0.414 e. The molecule has 1 saturated heterocycles. The number of benzene rings is 1. The fourth-order valence-electron chi connectivity index (χ4n) is 2.14. The number of anilines is 1. The lowest BCUT2D eigenvalue weighted by molar-refractivity contribution is -0.117.